The second kappa shape index (κ2) is 9.78. The Bertz CT molecular complexity index is 1050. The van der Waals surface area contributed by atoms with Crippen molar-refractivity contribution < 1.29 is 27.5 Å². The van der Waals surface area contributed by atoms with Gasteiger partial charge in [0.15, 0.2) is 6.61 Å². The summed E-state index contributed by atoms with van der Waals surface area (Å²) in [7, 11) is -3.80. The number of sulfonamides is 1. The highest BCUT2D eigenvalue weighted by Crippen LogP contribution is 2.22. The zero-order valence-corrected chi connectivity index (χ0v) is 18.7. The monoisotopic (exact) mass is 466 g/mol. The Kier molecular flexibility index (Phi) is 7.32. The van der Waals surface area contributed by atoms with E-state index in [4.69, 9.17) is 21.1 Å². The fourth-order valence-corrected chi connectivity index (χ4v) is 4.97. The number of nitrogens with one attached hydrogen (secondary N) is 1. The van der Waals surface area contributed by atoms with Crippen LogP contribution in [0.25, 0.3) is 0 Å². The lowest BCUT2D eigenvalue weighted by Gasteiger charge is -2.34. The van der Waals surface area contributed by atoms with Crippen molar-refractivity contribution in [3.05, 3.63) is 59.1 Å². The van der Waals surface area contributed by atoms with E-state index in [1.165, 1.54) is 28.6 Å². The highest BCUT2D eigenvalue weighted by Gasteiger charge is 2.32. The van der Waals surface area contributed by atoms with E-state index in [9.17, 15) is 18.0 Å². The number of carbonyl (C=O) groups excluding carboxylic acids is 2. The van der Waals surface area contributed by atoms with Crippen LogP contribution in [0.3, 0.4) is 0 Å². The Hall–Kier alpha value is -2.46. The highest BCUT2D eigenvalue weighted by molar-refractivity contribution is 7.89. The van der Waals surface area contributed by atoms with Gasteiger partial charge in [0.25, 0.3) is 5.91 Å². The van der Waals surface area contributed by atoms with Crippen LogP contribution in [-0.2, 0) is 24.3 Å². The van der Waals surface area contributed by atoms with Gasteiger partial charge >= 0.3 is 5.97 Å². The highest BCUT2D eigenvalue weighted by atomic mass is 35.5. The molecule has 0 aliphatic carbocycles. The largest absolute Gasteiger partial charge is 0.452 e. The van der Waals surface area contributed by atoms with E-state index >= 15 is 0 Å². The van der Waals surface area contributed by atoms with Crippen molar-refractivity contribution >= 4 is 39.2 Å². The third-order valence-corrected chi connectivity index (χ3v) is 6.64. The number of hydrogen-bond acceptors (Lipinski definition) is 6. The van der Waals surface area contributed by atoms with Crippen molar-refractivity contribution in [3.8, 4) is 0 Å². The van der Waals surface area contributed by atoms with Gasteiger partial charge in [-0.1, -0.05) is 17.7 Å². The van der Waals surface area contributed by atoms with Crippen molar-refractivity contribution in [1.82, 2.24) is 4.31 Å². The number of ether oxygens (including phenoxy) is 2. The van der Waals surface area contributed by atoms with E-state index < -0.39 is 28.5 Å². The van der Waals surface area contributed by atoms with Gasteiger partial charge in [0.1, 0.15) is 0 Å². The quantitative estimate of drug-likeness (QED) is 0.657. The number of morpholine rings is 1. The van der Waals surface area contributed by atoms with Crippen LogP contribution in [0.5, 0.6) is 0 Å². The Labute approximate surface area is 186 Å². The Morgan fingerprint density at radius 3 is 2.42 bits per heavy atom. The molecule has 0 saturated carbocycles. The minimum atomic E-state index is -3.80. The third kappa shape index (κ3) is 6.04. The maximum atomic E-state index is 13.0. The molecule has 8 nitrogen and oxygen atoms in total. The summed E-state index contributed by atoms with van der Waals surface area (Å²) in [5.41, 5.74) is 0.544. The summed E-state index contributed by atoms with van der Waals surface area (Å²) in [6.45, 7) is 3.55. The minimum absolute atomic E-state index is 0.0196. The molecular formula is C21H23ClN2O6S. The summed E-state index contributed by atoms with van der Waals surface area (Å²) < 4.78 is 37.9. The molecule has 2 aromatic rings. The van der Waals surface area contributed by atoms with Crippen LogP contribution >= 0.6 is 11.6 Å². The molecule has 3 rings (SSSR count). The number of esters is 1. The molecule has 10 heteroatoms. The van der Waals surface area contributed by atoms with Crippen molar-refractivity contribution in [3.63, 3.8) is 0 Å². The normalized spacial score (nSPS) is 19.6. The summed E-state index contributed by atoms with van der Waals surface area (Å²) in [6.07, 6.45) is -0.461. The van der Waals surface area contributed by atoms with Crippen molar-refractivity contribution in [2.24, 2.45) is 0 Å². The number of anilines is 1. The van der Waals surface area contributed by atoms with Crippen molar-refractivity contribution in [1.29, 1.82) is 0 Å². The first kappa shape index (κ1) is 23.2. The van der Waals surface area contributed by atoms with Crippen LogP contribution in [0.15, 0.2) is 53.4 Å². The van der Waals surface area contributed by atoms with Gasteiger partial charge in [-0.05, 0) is 56.3 Å². The molecule has 1 heterocycles. The average molecular weight is 467 g/mol. The van der Waals surface area contributed by atoms with Gasteiger partial charge in [-0.25, -0.2) is 13.2 Å². The lowest BCUT2D eigenvalue weighted by atomic mass is 10.2. The second-order valence-corrected chi connectivity index (χ2v) is 9.61. The molecule has 0 bridgehead atoms. The first-order valence-corrected chi connectivity index (χ1v) is 11.4. The molecule has 1 aliphatic heterocycles. The summed E-state index contributed by atoms with van der Waals surface area (Å²) in [5, 5.41) is 3.10. The lowest BCUT2D eigenvalue weighted by Crippen LogP contribution is -2.48. The molecule has 1 amide bonds. The molecule has 0 radical (unpaired) electrons. The van der Waals surface area contributed by atoms with Crippen molar-refractivity contribution in [2.45, 2.75) is 31.0 Å². The van der Waals surface area contributed by atoms with Crippen LogP contribution in [-0.4, -0.2) is 56.5 Å². The van der Waals surface area contributed by atoms with E-state index in [1.54, 1.807) is 38.1 Å². The summed E-state index contributed by atoms with van der Waals surface area (Å²) in [6, 6.07) is 12.0. The van der Waals surface area contributed by atoms with Gasteiger partial charge in [0.05, 0.1) is 22.7 Å². The molecule has 2 unspecified atom stereocenters. The zero-order valence-electron chi connectivity index (χ0n) is 17.1. The minimum Gasteiger partial charge on any atom is -0.452 e. The van der Waals surface area contributed by atoms with E-state index in [-0.39, 0.29) is 35.8 Å². The first-order chi connectivity index (χ1) is 14.6. The Morgan fingerprint density at radius 1 is 1.13 bits per heavy atom. The number of benzene rings is 2. The molecule has 1 aliphatic rings. The Morgan fingerprint density at radius 2 is 1.77 bits per heavy atom. The molecule has 2 atom stereocenters. The second-order valence-electron chi connectivity index (χ2n) is 7.24. The maximum Gasteiger partial charge on any atom is 0.338 e. The van der Waals surface area contributed by atoms with Crippen LogP contribution in [0.1, 0.15) is 24.2 Å². The predicted molar refractivity (Wildman–Crippen MR) is 116 cm³/mol. The van der Waals surface area contributed by atoms with Gasteiger partial charge in [-0.3, -0.25) is 4.79 Å². The SMILES string of the molecule is CC1CN(S(=O)(=O)c2cccc(C(=O)OCC(=O)Nc3ccc(Cl)cc3)c2)CC(C)O1. The lowest BCUT2D eigenvalue weighted by molar-refractivity contribution is -0.119. The van der Waals surface area contributed by atoms with Gasteiger partial charge in [0, 0.05) is 23.8 Å². The number of hydrogen-bond donors (Lipinski definition) is 1. The Balaban J connectivity index is 1.64. The molecule has 31 heavy (non-hydrogen) atoms. The molecule has 166 valence electrons. The number of nitrogens with zero attached hydrogens (tertiary/aromatic N) is 1. The summed E-state index contributed by atoms with van der Waals surface area (Å²) in [5.74, 6) is -1.33. The molecule has 1 saturated heterocycles. The van der Waals surface area contributed by atoms with E-state index in [0.29, 0.717) is 10.7 Å². The number of carbonyl (C=O) groups is 2. The van der Waals surface area contributed by atoms with Crippen molar-refractivity contribution in [2.75, 3.05) is 25.0 Å². The maximum absolute atomic E-state index is 13.0. The van der Waals surface area contributed by atoms with Crippen LogP contribution in [0.2, 0.25) is 5.02 Å². The van der Waals surface area contributed by atoms with Crippen LogP contribution < -0.4 is 5.32 Å². The molecule has 0 aromatic heterocycles. The topological polar surface area (TPSA) is 102 Å². The third-order valence-electron chi connectivity index (χ3n) is 4.56. The molecule has 1 N–H and O–H groups in total. The number of amides is 1. The number of rotatable bonds is 6. The summed E-state index contributed by atoms with van der Waals surface area (Å²) >= 11 is 5.79. The fourth-order valence-electron chi connectivity index (χ4n) is 3.20. The smallest absolute Gasteiger partial charge is 0.338 e. The van der Waals surface area contributed by atoms with Gasteiger partial charge in [-0.15, -0.1) is 0 Å². The van der Waals surface area contributed by atoms with E-state index in [1.807, 2.05) is 0 Å². The average Bonchev–Trinajstić information content (AvgIpc) is 2.73. The molecule has 2 aromatic carbocycles. The van der Waals surface area contributed by atoms with Gasteiger partial charge < -0.3 is 14.8 Å². The van der Waals surface area contributed by atoms with Crippen LogP contribution in [0.4, 0.5) is 5.69 Å². The summed E-state index contributed by atoms with van der Waals surface area (Å²) in [4.78, 5) is 24.3. The van der Waals surface area contributed by atoms with Gasteiger partial charge in [0.2, 0.25) is 10.0 Å². The first-order valence-electron chi connectivity index (χ1n) is 9.63. The predicted octanol–water partition coefficient (Wildman–Crippen LogP) is 2.93. The zero-order chi connectivity index (χ0) is 22.6. The van der Waals surface area contributed by atoms with Crippen LogP contribution in [0, 0.1) is 0 Å². The number of halogens is 1. The fraction of sp³-hybridized carbons (Fsp3) is 0.333. The van der Waals surface area contributed by atoms with Gasteiger partial charge in [-0.2, -0.15) is 4.31 Å². The molecule has 0 spiro atoms. The molecular weight excluding hydrogens is 444 g/mol. The van der Waals surface area contributed by atoms with E-state index in [0.717, 1.165) is 0 Å². The molecule has 1 fully saturated rings. The standard InChI is InChI=1S/C21H23ClN2O6S/c1-14-11-24(12-15(2)30-14)31(27,28)19-5-3-4-16(10-19)21(26)29-13-20(25)23-18-8-6-17(22)7-9-18/h3-10,14-15H,11-13H2,1-2H3,(H,23,25). The van der Waals surface area contributed by atoms with E-state index in [2.05, 4.69) is 5.32 Å².